The molecule has 0 bridgehead atoms. The van der Waals surface area contributed by atoms with E-state index in [1.165, 1.54) is 18.9 Å². The van der Waals surface area contributed by atoms with E-state index in [0.717, 1.165) is 0 Å². The SMILES string of the molecule is C[C@@H](OC(=O)CCNC(=O)c1ccc(Cl)cc1)C(=O)N(C)CCC#N. The zero-order valence-corrected chi connectivity index (χ0v) is 14.9. The summed E-state index contributed by atoms with van der Waals surface area (Å²) in [6.45, 7) is 1.83. The Kier molecular flexibility index (Phi) is 8.44. The first-order valence-electron chi connectivity index (χ1n) is 7.70. The second-order valence-electron chi connectivity index (χ2n) is 5.31. The van der Waals surface area contributed by atoms with Gasteiger partial charge in [0.05, 0.1) is 18.9 Å². The molecule has 134 valence electrons. The molecule has 7 nitrogen and oxygen atoms in total. The van der Waals surface area contributed by atoms with E-state index < -0.39 is 12.1 Å². The van der Waals surface area contributed by atoms with Gasteiger partial charge in [0.15, 0.2) is 6.10 Å². The molecule has 0 fully saturated rings. The first kappa shape index (κ1) is 20.5. The van der Waals surface area contributed by atoms with Crippen LogP contribution in [0.2, 0.25) is 5.02 Å². The molecule has 0 heterocycles. The highest BCUT2D eigenvalue weighted by Gasteiger charge is 2.21. The third-order valence-corrected chi connectivity index (χ3v) is 3.56. The van der Waals surface area contributed by atoms with Crippen molar-refractivity contribution < 1.29 is 19.1 Å². The summed E-state index contributed by atoms with van der Waals surface area (Å²) in [7, 11) is 1.54. The average Bonchev–Trinajstić information content (AvgIpc) is 2.59. The van der Waals surface area contributed by atoms with Gasteiger partial charge in [0.2, 0.25) is 0 Å². The number of likely N-dealkylation sites (N-methyl/N-ethyl adjacent to an activating group) is 1. The largest absolute Gasteiger partial charge is 0.452 e. The molecule has 2 amide bonds. The van der Waals surface area contributed by atoms with Crippen LogP contribution in [-0.4, -0.2) is 48.9 Å². The molecule has 0 unspecified atom stereocenters. The minimum Gasteiger partial charge on any atom is -0.452 e. The van der Waals surface area contributed by atoms with E-state index in [2.05, 4.69) is 5.32 Å². The molecule has 0 aliphatic rings. The third kappa shape index (κ3) is 7.23. The quantitative estimate of drug-likeness (QED) is 0.707. The zero-order chi connectivity index (χ0) is 18.8. The Hall–Kier alpha value is -2.59. The van der Waals surface area contributed by atoms with E-state index in [4.69, 9.17) is 21.6 Å². The van der Waals surface area contributed by atoms with Gasteiger partial charge >= 0.3 is 5.97 Å². The van der Waals surface area contributed by atoms with Crippen molar-refractivity contribution in [1.29, 1.82) is 5.26 Å². The highest BCUT2D eigenvalue weighted by atomic mass is 35.5. The van der Waals surface area contributed by atoms with Crippen LogP contribution in [0.25, 0.3) is 0 Å². The van der Waals surface area contributed by atoms with Crippen LogP contribution >= 0.6 is 11.6 Å². The Morgan fingerprint density at radius 2 is 1.96 bits per heavy atom. The Morgan fingerprint density at radius 1 is 1.32 bits per heavy atom. The Bertz CT molecular complexity index is 655. The summed E-state index contributed by atoms with van der Waals surface area (Å²) in [4.78, 5) is 36.9. The van der Waals surface area contributed by atoms with Gasteiger partial charge in [0.25, 0.3) is 11.8 Å². The maximum absolute atomic E-state index is 11.9. The van der Waals surface area contributed by atoms with Crippen molar-refractivity contribution >= 4 is 29.4 Å². The number of hydrogen-bond acceptors (Lipinski definition) is 5. The molecule has 0 spiro atoms. The summed E-state index contributed by atoms with van der Waals surface area (Å²) in [5, 5.41) is 11.6. The fourth-order valence-electron chi connectivity index (χ4n) is 1.93. The number of esters is 1. The average molecular weight is 366 g/mol. The number of nitrogens with zero attached hydrogens (tertiary/aromatic N) is 2. The molecule has 0 aromatic heterocycles. The molecular weight excluding hydrogens is 346 g/mol. The van der Waals surface area contributed by atoms with E-state index in [1.54, 1.807) is 24.3 Å². The van der Waals surface area contributed by atoms with Crippen LogP contribution in [0, 0.1) is 11.3 Å². The molecule has 0 saturated carbocycles. The molecule has 1 N–H and O–H groups in total. The van der Waals surface area contributed by atoms with Crippen LogP contribution in [0.5, 0.6) is 0 Å². The van der Waals surface area contributed by atoms with Crippen molar-refractivity contribution in [2.24, 2.45) is 0 Å². The molecular formula is C17H20ClN3O4. The van der Waals surface area contributed by atoms with Gasteiger partial charge in [-0.05, 0) is 31.2 Å². The lowest BCUT2D eigenvalue weighted by Gasteiger charge is -2.20. The summed E-state index contributed by atoms with van der Waals surface area (Å²) in [6.07, 6.45) is -0.790. The maximum Gasteiger partial charge on any atom is 0.308 e. The summed E-state index contributed by atoms with van der Waals surface area (Å²) < 4.78 is 5.03. The smallest absolute Gasteiger partial charge is 0.308 e. The number of benzene rings is 1. The Labute approximate surface area is 151 Å². The predicted molar refractivity (Wildman–Crippen MR) is 91.8 cm³/mol. The lowest BCUT2D eigenvalue weighted by molar-refractivity contribution is -0.158. The van der Waals surface area contributed by atoms with E-state index >= 15 is 0 Å². The minimum absolute atomic E-state index is 0.0567. The first-order chi connectivity index (χ1) is 11.8. The monoisotopic (exact) mass is 365 g/mol. The summed E-state index contributed by atoms with van der Waals surface area (Å²) in [6, 6.07) is 8.29. The summed E-state index contributed by atoms with van der Waals surface area (Å²) in [5.41, 5.74) is 0.431. The molecule has 25 heavy (non-hydrogen) atoms. The lowest BCUT2D eigenvalue weighted by Crippen LogP contribution is -2.38. The molecule has 0 aliphatic carbocycles. The summed E-state index contributed by atoms with van der Waals surface area (Å²) >= 11 is 5.75. The van der Waals surface area contributed by atoms with Crippen LogP contribution in [0.3, 0.4) is 0 Å². The number of nitrogens with one attached hydrogen (secondary N) is 1. The van der Waals surface area contributed by atoms with Crippen LogP contribution in [0.15, 0.2) is 24.3 Å². The molecule has 0 aliphatic heterocycles. The number of nitriles is 1. The number of carbonyl (C=O) groups is 3. The molecule has 1 aromatic carbocycles. The normalized spacial score (nSPS) is 11.1. The van der Waals surface area contributed by atoms with Crippen molar-refractivity contribution in [3.63, 3.8) is 0 Å². The highest BCUT2D eigenvalue weighted by molar-refractivity contribution is 6.30. The van der Waals surface area contributed by atoms with Crippen LogP contribution < -0.4 is 5.32 Å². The van der Waals surface area contributed by atoms with Crippen LogP contribution in [-0.2, 0) is 14.3 Å². The van der Waals surface area contributed by atoms with Crippen LogP contribution in [0.4, 0.5) is 0 Å². The lowest BCUT2D eigenvalue weighted by atomic mass is 10.2. The number of halogens is 1. The van der Waals surface area contributed by atoms with Gasteiger partial charge in [-0.15, -0.1) is 0 Å². The number of carbonyl (C=O) groups excluding carboxylic acids is 3. The fraction of sp³-hybridized carbons (Fsp3) is 0.412. The van der Waals surface area contributed by atoms with Gasteiger partial charge in [-0.25, -0.2) is 0 Å². The second-order valence-corrected chi connectivity index (χ2v) is 5.75. The van der Waals surface area contributed by atoms with Gasteiger partial charge < -0.3 is 15.0 Å². The molecule has 1 rings (SSSR count). The van der Waals surface area contributed by atoms with Gasteiger partial charge in [-0.2, -0.15) is 5.26 Å². The van der Waals surface area contributed by atoms with Gasteiger partial charge in [0.1, 0.15) is 0 Å². The Morgan fingerprint density at radius 3 is 2.56 bits per heavy atom. The van der Waals surface area contributed by atoms with Crippen molar-refractivity contribution in [2.75, 3.05) is 20.1 Å². The summed E-state index contributed by atoms with van der Waals surface area (Å²) in [5.74, 6) is -1.30. The second kappa shape index (κ2) is 10.3. The van der Waals surface area contributed by atoms with Crippen molar-refractivity contribution in [3.8, 4) is 6.07 Å². The zero-order valence-electron chi connectivity index (χ0n) is 14.1. The first-order valence-corrected chi connectivity index (χ1v) is 8.08. The van der Waals surface area contributed by atoms with Crippen molar-refractivity contribution in [2.45, 2.75) is 25.9 Å². The van der Waals surface area contributed by atoms with Crippen LogP contribution in [0.1, 0.15) is 30.1 Å². The highest BCUT2D eigenvalue weighted by Crippen LogP contribution is 2.09. The minimum atomic E-state index is -0.942. The van der Waals surface area contributed by atoms with E-state index in [9.17, 15) is 14.4 Å². The standard InChI is InChI=1S/C17H20ClN3O4/c1-12(17(24)21(2)11-3-9-19)25-15(22)8-10-20-16(23)13-4-6-14(18)7-5-13/h4-7,12H,3,8,10-11H2,1-2H3,(H,20,23)/t12-/m1/s1. The molecule has 1 aromatic rings. The molecule has 1 atom stereocenters. The molecule has 0 saturated heterocycles. The van der Waals surface area contributed by atoms with E-state index in [0.29, 0.717) is 10.6 Å². The topological polar surface area (TPSA) is 99.5 Å². The Balaban J connectivity index is 2.34. The van der Waals surface area contributed by atoms with E-state index in [1.807, 2.05) is 6.07 Å². The van der Waals surface area contributed by atoms with Gasteiger partial charge in [-0.3, -0.25) is 14.4 Å². The van der Waals surface area contributed by atoms with Gasteiger partial charge in [0, 0.05) is 30.7 Å². The fourth-order valence-corrected chi connectivity index (χ4v) is 2.05. The number of ether oxygens (including phenoxy) is 1. The van der Waals surface area contributed by atoms with E-state index in [-0.39, 0.29) is 37.7 Å². The predicted octanol–water partition coefficient (Wildman–Crippen LogP) is 1.76. The number of rotatable bonds is 8. The van der Waals surface area contributed by atoms with Crippen molar-refractivity contribution in [1.82, 2.24) is 10.2 Å². The number of amides is 2. The molecule has 8 heteroatoms. The maximum atomic E-state index is 11.9. The molecule has 0 radical (unpaired) electrons. The number of hydrogen-bond donors (Lipinski definition) is 1. The third-order valence-electron chi connectivity index (χ3n) is 3.31. The van der Waals surface area contributed by atoms with Gasteiger partial charge in [-0.1, -0.05) is 11.6 Å². The van der Waals surface area contributed by atoms with Crippen molar-refractivity contribution in [3.05, 3.63) is 34.9 Å².